The third-order valence-corrected chi connectivity index (χ3v) is 1.73. The van der Waals surface area contributed by atoms with E-state index in [1.54, 1.807) is 0 Å². The molecule has 0 aromatic carbocycles. The van der Waals surface area contributed by atoms with Crippen molar-refractivity contribution in [3.8, 4) is 0 Å². The summed E-state index contributed by atoms with van der Waals surface area (Å²) in [7, 11) is 0. The number of carbonyl (C=O) groups excluding carboxylic acids is 2. The molecule has 0 N–H and O–H groups in total. The normalized spacial score (nSPS) is 12.2. The van der Waals surface area contributed by atoms with Crippen molar-refractivity contribution in [2.24, 2.45) is 0 Å². The number of carboxylic acid groups (broad SMARTS) is 2. The second-order valence-electron chi connectivity index (χ2n) is 4.38. The second kappa shape index (κ2) is 12.8. The van der Waals surface area contributed by atoms with E-state index in [4.69, 9.17) is 19.8 Å². The molecule has 20 heavy (non-hydrogen) atoms. The van der Waals surface area contributed by atoms with Crippen LogP contribution in [0.2, 0.25) is 0 Å². The van der Waals surface area contributed by atoms with Gasteiger partial charge in [0.15, 0.2) is 0 Å². The maximum Gasteiger partial charge on any atom is 2.00 e. The quantitative estimate of drug-likeness (QED) is 0.627. The standard InChI is InChI=1S/C9H16N2.2C2H4O2.Cu/c1-8(2)10-5-6-11(7-10)9(3)4;2*1-2(3)4;/h5-6,8-9H,1-4H3;2*1H3,(H,3,4);/q;;;+2/p-2. The van der Waals surface area contributed by atoms with Gasteiger partial charge in [-0.05, 0) is 41.5 Å². The van der Waals surface area contributed by atoms with E-state index < -0.39 is 11.9 Å². The summed E-state index contributed by atoms with van der Waals surface area (Å²) in [6, 6.07) is 1.02. The van der Waals surface area contributed by atoms with Crippen LogP contribution in [0.15, 0.2) is 12.4 Å². The van der Waals surface area contributed by atoms with Crippen LogP contribution in [0.5, 0.6) is 0 Å². The van der Waals surface area contributed by atoms with E-state index in [9.17, 15) is 0 Å². The summed E-state index contributed by atoms with van der Waals surface area (Å²) in [5.74, 6) is -2.17. The number of hydrogen-bond donors (Lipinski definition) is 0. The monoisotopic (exact) mass is 333 g/mol. The molecule has 1 aliphatic heterocycles. The van der Waals surface area contributed by atoms with Crippen LogP contribution < -0.4 is 10.2 Å². The molecule has 0 atom stereocenters. The zero-order chi connectivity index (χ0) is 15.6. The van der Waals surface area contributed by atoms with Crippen molar-refractivity contribution < 1.29 is 36.9 Å². The maximum atomic E-state index is 8.89. The van der Waals surface area contributed by atoms with Crippen molar-refractivity contribution in [2.75, 3.05) is 0 Å². The summed E-state index contributed by atoms with van der Waals surface area (Å²) >= 11 is 0. The number of carboxylic acids is 2. The average molecular weight is 334 g/mol. The van der Waals surface area contributed by atoms with E-state index in [0.717, 1.165) is 13.8 Å². The first-order chi connectivity index (χ1) is 8.57. The molecule has 1 aliphatic rings. The molecule has 0 amide bonds. The predicted molar refractivity (Wildman–Crippen MR) is 67.7 cm³/mol. The zero-order valence-electron chi connectivity index (χ0n) is 12.6. The van der Waals surface area contributed by atoms with Crippen LogP contribution in [0.3, 0.4) is 0 Å². The molecular formula is C13H22CuN2O4. The largest absolute Gasteiger partial charge is 2.00 e. The molecule has 1 rings (SSSR count). The molecule has 119 valence electrons. The van der Waals surface area contributed by atoms with E-state index in [-0.39, 0.29) is 17.1 Å². The fourth-order valence-corrected chi connectivity index (χ4v) is 0.919. The molecular weight excluding hydrogens is 312 g/mol. The summed E-state index contributed by atoms with van der Waals surface area (Å²) < 4.78 is 0. The van der Waals surface area contributed by atoms with Crippen molar-refractivity contribution in [1.82, 2.24) is 9.80 Å². The first-order valence-corrected chi connectivity index (χ1v) is 5.94. The van der Waals surface area contributed by atoms with Crippen LogP contribution in [0.4, 0.5) is 0 Å². The summed E-state index contributed by atoms with van der Waals surface area (Å²) in [5.41, 5.74) is 0. The third kappa shape index (κ3) is 16.8. The van der Waals surface area contributed by atoms with Crippen molar-refractivity contribution >= 4 is 11.9 Å². The topological polar surface area (TPSA) is 86.7 Å². The molecule has 0 bridgehead atoms. The Morgan fingerprint density at radius 1 is 0.900 bits per heavy atom. The smallest absolute Gasteiger partial charge is 0.550 e. The maximum absolute atomic E-state index is 8.89. The van der Waals surface area contributed by atoms with Gasteiger partial charge in [-0.15, -0.1) is 0 Å². The minimum absolute atomic E-state index is 0. The fourth-order valence-electron chi connectivity index (χ4n) is 0.919. The van der Waals surface area contributed by atoms with Crippen LogP contribution in [0.25, 0.3) is 0 Å². The Kier molecular flexibility index (Phi) is 15.3. The first kappa shape index (κ1) is 23.9. The van der Waals surface area contributed by atoms with Crippen molar-refractivity contribution in [1.29, 1.82) is 0 Å². The van der Waals surface area contributed by atoms with Crippen LogP contribution in [0.1, 0.15) is 41.5 Å². The van der Waals surface area contributed by atoms with Gasteiger partial charge >= 0.3 is 17.1 Å². The van der Waals surface area contributed by atoms with Gasteiger partial charge in [0.2, 0.25) is 6.67 Å². The van der Waals surface area contributed by atoms with Crippen molar-refractivity contribution in [3.63, 3.8) is 0 Å². The van der Waals surface area contributed by atoms with Gasteiger partial charge in [0.1, 0.15) is 0 Å². The van der Waals surface area contributed by atoms with Gasteiger partial charge in [-0.1, -0.05) is 0 Å². The molecule has 1 heterocycles. The van der Waals surface area contributed by atoms with Crippen molar-refractivity contribution in [3.05, 3.63) is 19.1 Å². The molecule has 0 aliphatic carbocycles. The van der Waals surface area contributed by atoms with E-state index in [2.05, 4.69) is 56.6 Å². The minimum Gasteiger partial charge on any atom is -0.550 e. The van der Waals surface area contributed by atoms with Crippen LogP contribution in [-0.2, 0) is 26.7 Å². The zero-order valence-corrected chi connectivity index (χ0v) is 13.6. The number of carbonyl (C=O) groups is 2. The number of rotatable bonds is 2. The molecule has 7 heteroatoms. The molecule has 0 aromatic rings. The molecule has 0 spiro atoms. The summed E-state index contributed by atoms with van der Waals surface area (Å²) in [5, 5.41) is 17.8. The molecule has 0 fully saturated rings. The van der Waals surface area contributed by atoms with E-state index in [1.807, 2.05) is 0 Å². The van der Waals surface area contributed by atoms with E-state index in [0.29, 0.717) is 12.1 Å². The average Bonchev–Trinajstić information content (AvgIpc) is 2.63. The molecule has 0 unspecified atom stereocenters. The summed E-state index contributed by atoms with van der Waals surface area (Å²) in [4.78, 5) is 21.9. The molecule has 0 saturated heterocycles. The Morgan fingerprint density at radius 3 is 1.20 bits per heavy atom. The molecule has 0 aromatic heterocycles. The number of aliphatic carboxylic acids is 2. The SMILES string of the molecule is CC(=O)[O-].CC(=O)[O-].CC(C)N1[C]N(C(C)C)C=C1.[Cu+2]. The minimum atomic E-state index is -1.08. The fraction of sp³-hybridized carbons (Fsp3) is 0.615. The van der Waals surface area contributed by atoms with Gasteiger partial charge in [0.25, 0.3) is 0 Å². The number of hydrogen-bond acceptors (Lipinski definition) is 6. The van der Waals surface area contributed by atoms with Crippen LogP contribution >= 0.6 is 0 Å². The Balaban J connectivity index is -0.000000272. The Labute approximate surface area is 131 Å². The van der Waals surface area contributed by atoms with Gasteiger partial charge in [0.05, 0.1) is 0 Å². The van der Waals surface area contributed by atoms with Crippen LogP contribution in [0, 0.1) is 6.67 Å². The molecule has 6 nitrogen and oxygen atoms in total. The van der Waals surface area contributed by atoms with E-state index in [1.165, 1.54) is 0 Å². The van der Waals surface area contributed by atoms with Gasteiger partial charge < -0.3 is 29.6 Å². The van der Waals surface area contributed by atoms with Crippen LogP contribution in [-0.4, -0.2) is 33.8 Å². The molecule has 3 radical (unpaired) electrons. The third-order valence-electron chi connectivity index (χ3n) is 1.73. The summed E-state index contributed by atoms with van der Waals surface area (Å²) in [6.07, 6.45) is 4.12. The van der Waals surface area contributed by atoms with Crippen molar-refractivity contribution in [2.45, 2.75) is 53.6 Å². The Bertz CT molecular complexity index is 271. The summed E-state index contributed by atoms with van der Waals surface area (Å²) in [6.45, 7) is 13.8. The van der Waals surface area contributed by atoms with Gasteiger partial charge in [-0.2, -0.15) is 0 Å². The first-order valence-electron chi connectivity index (χ1n) is 5.94. The Morgan fingerprint density at radius 2 is 1.10 bits per heavy atom. The number of nitrogens with zero attached hydrogens (tertiary/aromatic N) is 2. The van der Waals surface area contributed by atoms with E-state index >= 15 is 0 Å². The molecule has 0 saturated carbocycles. The van der Waals surface area contributed by atoms with Gasteiger partial charge in [-0.3, -0.25) is 0 Å². The van der Waals surface area contributed by atoms with Gasteiger partial charge in [0, 0.05) is 36.4 Å². The van der Waals surface area contributed by atoms with Gasteiger partial charge in [-0.25, -0.2) is 0 Å². The predicted octanol–water partition coefficient (Wildman–Crippen LogP) is -0.602. The Hall–Kier alpha value is -1.20. The second-order valence-corrected chi connectivity index (χ2v) is 4.38.